The highest BCUT2D eigenvalue weighted by Gasteiger charge is 2.67. The van der Waals surface area contributed by atoms with Crippen LogP contribution in [0.15, 0.2) is 48.6 Å². The Morgan fingerprint density at radius 3 is 1.21 bits per heavy atom. The van der Waals surface area contributed by atoms with Crippen molar-refractivity contribution in [3.63, 3.8) is 0 Å². The first-order valence-electron chi connectivity index (χ1n) is 22.6. The molecule has 0 radical (unpaired) electrons. The maximum Gasteiger partial charge on any atom is 0.673 e. The standard InChI is InChI=1S/C39H82O16Si7/c1-15-41-58(53-60(42-16-2,43-17-3)44-18-4,54-62(48-22-8,49-23-9)55-61(45-19-5,46-20-6)47-21-7)37-40-35-30-36-50-59(38-31-26-24-27-32-38,39-33-28-25-29-34-39)52-57(13,14)51-56(10,11)12/h24-29,31,33,38-39H,15-23,30,32,34-37H2,1-14H3. The average Bonchev–Trinajstić information content (AvgIpc) is 3.19. The fourth-order valence-electron chi connectivity index (χ4n) is 7.12. The van der Waals surface area contributed by atoms with Crippen LogP contribution in [0.4, 0.5) is 0 Å². The van der Waals surface area contributed by atoms with E-state index in [9.17, 15) is 0 Å². The smallest absolute Gasteiger partial charge is 0.437 e. The number of hydrogen-bond donors (Lipinski definition) is 0. The van der Waals surface area contributed by atoms with Crippen LogP contribution in [-0.2, 0) is 69.6 Å². The van der Waals surface area contributed by atoms with Crippen LogP contribution < -0.4 is 0 Å². The van der Waals surface area contributed by atoms with Gasteiger partial charge in [-0.3, -0.25) is 0 Å². The Morgan fingerprint density at radius 1 is 0.419 bits per heavy atom. The molecule has 0 amide bonds. The van der Waals surface area contributed by atoms with Gasteiger partial charge in [0.05, 0.1) is 0 Å². The van der Waals surface area contributed by atoms with Crippen LogP contribution in [0, 0.1) is 0 Å². The van der Waals surface area contributed by atoms with Crippen molar-refractivity contribution in [1.29, 1.82) is 0 Å². The maximum absolute atomic E-state index is 7.39. The van der Waals surface area contributed by atoms with E-state index in [1.165, 1.54) is 0 Å². The van der Waals surface area contributed by atoms with Gasteiger partial charge in [0.1, 0.15) is 6.23 Å². The van der Waals surface area contributed by atoms with Crippen LogP contribution in [0.3, 0.4) is 0 Å². The Balaban J connectivity index is 2.60. The van der Waals surface area contributed by atoms with Crippen LogP contribution in [0.25, 0.3) is 0 Å². The second-order valence-corrected chi connectivity index (χ2v) is 37.0. The molecule has 0 saturated carbocycles. The highest BCUT2D eigenvalue weighted by molar-refractivity contribution is 6.87. The lowest BCUT2D eigenvalue weighted by molar-refractivity contribution is -0.0664. The predicted octanol–water partition coefficient (Wildman–Crippen LogP) is 8.36. The second-order valence-electron chi connectivity index (χ2n) is 15.4. The molecule has 2 aliphatic carbocycles. The van der Waals surface area contributed by atoms with Gasteiger partial charge in [-0.25, -0.2) is 0 Å². The molecule has 0 N–H and O–H groups in total. The molecule has 23 heteroatoms. The van der Waals surface area contributed by atoms with Gasteiger partial charge in [-0.15, -0.1) is 0 Å². The fraction of sp³-hybridized carbons (Fsp3) is 0.795. The molecule has 62 heavy (non-hydrogen) atoms. The minimum absolute atomic E-state index is 0.0936. The molecule has 362 valence electrons. The van der Waals surface area contributed by atoms with Crippen LogP contribution in [0.5, 0.6) is 0 Å². The normalized spacial score (nSPS) is 19.6. The van der Waals surface area contributed by atoms with Crippen molar-refractivity contribution in [2.75, 3.05) is 78.9 Å². The Hall–Kier alpha value is -0.162. The molecule has 0 aromatic rings. The van der Waals surface area contributed by atoms with Crippen LogP contribution in [0.2, 0.25) is 43.8 Å². The van der Waals surface area contributed by atoms with E-state index in [0.717, 1.165) is 12.8 Å². The number of allylic oxidation sites excluding steroid dienone is 8. The third-order valence-corrected chi connectivity index (χ3v) is 32.9. The Bertz CT molecular complexity index is 1280. The minimum atomic E-state index is -4.35. The number of hydrogen-bond acceptors (Lipinski definition) is 16. The molecule has 0 aliphatic heterocycles. The molecule has 3 unspecified atom stereocenters. The van der Waals surface area contributed by atoms with Crippen molar-refractivity contribution in [2.24, 2.45) is 0 Å². The van der Waals surface area contributed by atoms with E-state index < -0.39 is 61.4 Å². The molecule has 0 heterocycles. The summed E-state index contributed by atoms with van der Waals surface area (Å²) in [6, 6.07) is 0. The second kappa shape index (κ2) is 28.9. The van der Waals surface area contributed by atoms with Crippen molar-refractivity contribution < 1.29 is 69.6 Å². The minimum Gasteiger partial charge on any atom is -0.437 e. The SMILES string of the molecule is CCO[Si](COCCCO[Si](O[Si](C)(C)O[Si](C)(C)C)(C1C=CC=CC1)C1C=CC=CC1)(O[Si](OCC)(OCC)OCC)O[Si](OCC)(OCC)O[Si](OCC)(OCC)OCC. The molecule has 0 aromatic carbocycles. The predicted molar refractivity (Wildman–Crippen MR) is 254 cm³/mol. The van der Waals surface area contributed by atoms with Gasteiger partial charge in [-0.05, 0) is 114 Å². The summed E-state index contributed by atoms with van der Waals surface area (Å²) in [4.78, 5) is 0. The number of rotatable bonds is 37. The molecule has 0 fully saturated rings. The van der Waals surface area contributed by atoms with E-state index in [1.807, 2.05) is 62.3 Å². The van der Waals surface area contributed by atoms with E-state index in [2.05, 4.69) is 81.3 Å². The first kappa shape index (κ1) is 58.0. The molecular weight excluding hydrogens is 921 g/mol. The Kier molecular flexibility index (Phi) is 27.0. The molecular formula is C39H82O16Si7. The zero-order chi connectivity index (χ0) is 46.2. The molecule has 16 nitrogen and oxygen atoms in total. The lowest BCUT2D eigenvalue weighted by Gasteiger charge is -2.46. The van der Waals surface area contributed by atoms with Crippen molar-refractivity contribution in [1.82, 2.24) is 0 Å². The van der Waals surface area contributed by atoms with Crippen molar-refractivity contribution in [3.05, 3.63) is 48.6 Å². The van der Waals surface area contributed by atoms with Gasteiger partial charge in [-0.1, -0.05) is 48.6 Å². The van der Waals surface area contributed by atoms with Gasteiger partial charge in [0.15, 0.2) is 8.32 Å². The Morgan fingerprint density at radius 2 is 0.823 bits per heavy atom. The average molecular weight is 1000 g/mol. The Labute approximate surface area is 382 Å². The van der Waals surface area contributed by atoms with E-state index in [4.69, 9.17) is 69.6 Å². The first-order chi connectivity index (χ1) is 29.5. The molecule has 0 bridgehead atoms. The van der Waals surface area contributed by atoms with Gasteiger partial charge in [-0.2, -0.15) is 0 Å². The third kappa shape index (κ3) is 18.8. The first-order valence-corrected chi connectivity index (χ1v) is 37.7. The van der Waals surface area contributed by atoms with E-state index in [1.54, 1.807) is 0 Å². The van der Waals surface area contributed by atoms with Crippen LogP contribution in [-0.4, -0.2) is 140 Å². The monoisotopic (exact) mass is 1000 g/mol. The molecule has 0 saturated heterocycles. The lowest BCUT2D eigenvalue weighted by atomic mass is 10.2. The quantitative estimate of drug-likeness (QED) is 0.0433. The molecule has 0 spiro atoms. The number of ether oxygens (including phenoxy) is 1. The van der Waals surface area contributed by atoms with Crippen LogP contribution in [0.1, 0.15) is 81.6 Å². The topological polar surface area (TPSA) is 148 Å². The summed E-state index contributed by atoms with van der Waals surface area (Å²) in [5.41, 5.74) is 0.187. The fourth-order valence-corrected chi connectivity index (χ4v) is 34.2. The summed E-state index contributed by atoms with van der Waals surface area (Å²) in [5, 5.41) is 0. The molecule has 2 aliphatic rings. The molecule has 2 rings (SSSR count). The maximum atomic E-state index is 7.39. The van der Waals surface area contributed by atoms with Gasteiger partial charge < -0.3 is 69.6 Å². The summed E-state index contributed by atoms with van der Waals surface area (Å²) in [7, 11) is -24.1. The van der Waals surface area contributed by atoms with Crippen molar-refractivity contribution >= 4 is 61.4 Å². The summed E-state index contributed by atoms with van der Waals surface area (Å²) in [5.74, 6) is 0. The van der Waals surface area contributed by atoms with Crippen molar-refractivity contribution in [3.8, 4) is 0 Å². The van der Waals surface area contributed by atoms with E-state index in [-0.39, 0.29) is 83.4 Å². The summed E-state index contributed by atoms with van der Waals surface area (Å²) >= 11 is 0. The van der Waals surface area contributed by atoms with Gasteiger partial charge in [0, 0.05) is 83.8 Å². The largest absolute Gasteiger partial charge is 0.673 e. The third-order valence-electron chi connectivity index (χ3n) is 8.74. The van der Waals surface area contributed by atoms with Crippen molar-refractivity contribution in [2.45, 2.75) is 125 Å². The zero-order valence-corrected chi connectivity index (χ0v) is 47.4. The summed E-state index contributed by atoms with van der Waals surface area (Å²) in [6.45, 7) is 29.9. The van der Waals surface area contributed by atoms with E-state index >= 15 is 0 Å². The highest BCUT2D eigenvalue weighted by atomic mass is 28.5. The molecule has 3 atom stereocenters. The van der Waals surface area contributed by atoms with E-state index in [0.29, 0.717) is 13.0 Å². The molecule has 0 aromatic heterocycles. The van der Waals surface area contributed by atoms with Crippen LogP contribution >= 0.6 is 0 Å². The van der Waals surface area contributed by atoms with Gasteiger partial charge >= 0.3 is 53.1 Å². The zero-order valence-electron chi connectivity index (χ0n) is 40.4. The summed E-state index contributed by atoms with van der Waals surface area (Å²) in [6.07, 6.45) is 19.3. The summed E-state index contributed by atoms with van der Waals surface area (Å²) < 4.78 is 105. The van der Waals surface area contributed by atoms with Gasteiger partial charge in [0.2, 0.25) is 0 Å². The lowest BCUT2D eigenvalue weighted by Crippen LogP contribution is -2.71. The highest BCUT2D eigenvalue weighted by Crippen LogP contribution is 2.45. The van der Waals surface area contributed by atoms with Gasteiger partial charge in [0.25, 0.3) is 0 Å².